The van der Waals surface area contributed by atoms with Gasteiger partial charge in [-0.05, 0) is 24.1 Å². The summed E-state index contributed by atoms with van der Waals surface area (Å²) < 4.78 is 0. The molecule has 0 unspecified atom stereocenters. The molecule has 0 saturated carbocycles. The SMILES string of the molecule is C#CCCC1(CCC(=O)NCCc2ccnc3ccccc23)N=N1. The number of amides is 1. The molecule has 1 aromatic carbocycles. The van der Waals surface area contributed by atoms with Gasteiger partial charge in [0.05, 0.1) is 5.52 Å². The summed E-state index contributed by atoms with van der Waals surface area (Å²) in [5.74, 6) is 2.63. The predicted octanol–water partition coefficient (Wildman–Crippen LogP) is 3.25. The van der Waals surface area contributed by atoms with E-state index in [2.05, 4.69) is 32.5 Å². The molecule has 2 aromatic rings. The number of fused-ring (bicyclic) bond motifs is 1. The van der Waals surface area contributed by atoms with Crippen LogP contribution < -0.4 is 5.32 Å². The van der Waals surface area contributed by atoms with Crippen molar-refractivity contribution in [1.29, 1.82) is 0 Å². The van der Waals surface area contributed by atoms with Crippen LogP contribution in [0, 0.1) is 12.3 Å². The van der Waals surface area contributed by atoms with E-state index in [4.69, 9.17) is 6.42 Å². The van der Waals surface area contributed by atoms with Crippen molar-refractivity contribution >= 4 is 16.8 Å². The third-order valence-electron chi connectivity index (χ3n) is 4.26. The van der Waals surface area contributed by atoms with Crippen LogP contribution in [0.3, 0.4) is 0 Å². The minimum Gasteiger partial charge on any atom is -0.356 e. The van der Waals surface area contributed by atoms with Gasteiger partial charge in [0.25, 0.3) is 0 Å². The van der Waals surface area contributed by atoms with Gasteiger partial charge in [0.15, 0.2) is 5.66 Å². The van der Waals surface area contributed by atoms with Crippen LogP contribution in [-0.2, 0) is 11.2 Å². The maximum absolute atomic E-state index is 12.0. The monoisotopic (exact) mass is 320 g/mol. The third-order valence-corrected chi connectivity index (χ3v) is 4.26. The summed E-state index contributed by atoms with van der Waals surface area (Å²) in [6, 6.07) is 10.0. The zero-order chi connectivity index (χ0) is 16.8. The first kappa shape index (κ1) is 16.1. The Hall–Kier alpha value is -2.74. The number of benzene rings is 1. The first-order valence-electron chi connectivity index (χ1n) is 8.19. The quantitative estimate of drug-likeness (QED) is 0.759. The third kappa shape index (κ3) is 3.96. The second-order valence-electron chi connectivity index (χ2n) is 5.97. The molecule has 1 aliphatic rings. The number of rotatable bonds is 8. The molecule has 0 atom stereocenters. The maximum atomic E-state index is 12.0. The lowest BCUT2D eigenvalue weighted by Crippen LogP contribution is -2.27. The van der Waals surface area contributed by atoms with Crippen molar-refractivity contribution in [3.63, 3.8) is 0 Å². The van der Waals surface area contributed by atoms with E-state index in [0.29, 0.717) is 25.8 Å². The van der Waals surface area contributed by atoms with Gasteiger partial charge >= 0.3 is 0 Å². The zero-order valence-electron chi connectivity index (χ0n) is 13.5. The van der Waals surface area contributed by atoms with Crippen LogP contribution in [0.1, 0.15) is 31.2 Å². The lowest BCUT2D eigenvalue weighted by atomic mass is 10.0. The Morgan fingerprint density at radius 3 is 2.83 bits per heavy atom. The molecule has 1 N–H and O–H groups in total. The summed E-state index contributed by atoms with van der Waals surface area (Å²) in [4.78, 5) is 16.3. The Morgan fingerprint density at radius 2 is 2.04 bits per heavy atom. The molecule has 0 bridgehead atoms. The first-order chi connectivity index (χ1) is 11.7. The average Bonchev–Trinajstić information content (AvgIpc) is 3.39. The van der Waals surface area contributed by atoms with Crippen molar-refractivity contribution in [2.45, 2.75) is 37.8 Å². The molecule has 1 aromatic heterocycles. The van der Waals surface area contributed by atoms with Crippen molar-refractivity contribution < 1.29 is 4.79 Å². The van der Waals surface area contributed by atoms with Crippen LogP contribution in [0.5, 0.6) is 0 Å². The largest absolute Gasteiger partial charge is 0.356 e. The minimum absolute atomic E-state index is 0.0331. The van der Waals surface area contributed by atoms with Crippen LogP contribution in [0.15, 0.2) is 46.8 Å². The van der Waals surface area contributed by atoms with E-state index >= 15 is 0 Å². The second kappa shape index (κ2) is 7.22. The highest BCUT2D eigenvalue weighted by Crippen LogP contribution is 2.37. The summed E-state index contributed by atoms with van der Waals surface area (Å²) >= 11 is 0. The van der Waals surface area contributed by atoms with Gasteiger partial charge in [-0.2, -0.15) is 10.2 Å². The van der Waals surface area contributed by atoms with Crippen LogP contribution in [0.4, 0.5) is 0 Å². The Balaban J connectivity index is 1.44. The summed E-state index contributed by atoms with van der Waals surface area (Å²) in [5, 5.41) is 12.2. The molecule has 1 amide bonds. The van der Waals surface area contributed by atoms with Crippen molar-refractivity contribution in [1.82, 2.24) is 10.3 Å². The summed E-state index contributed by atoms with van der Waals surface area (Å²) in [5.41, 5.74) is 1.79. The molecule has 5 heteroatoms. The van der Waals surface area contributed by atoms with E-state index in [1.54, 1.807) is 0 Å². The number of aromatic nitrogens is 1. The second-order valence-corrected chi connectivity index (χ2v) is 5.97. The molecule has 3 rings (SSSR count). The Bertz CT molecular complexity index is 795. The number of carbonyl (C=O) groups is 1. The van der Waals surface area contributed by atoms with Crippen LogP contribution in [0.2, 0.25) is 0 Å². The maximum Gasteiger partial charge on any atom is 0.220 e. The number of hydrogen-bond donors (Lipinski definition) is 1. The van der Waals surface area contributed by atoms with E-state index in [9.17, 15) is 4.79 Å². The highest BCUT2D eigenvalue weighted by molar-refractivity contribution is 5.82. The summed E-state index contributed by atoms with van der Waals surface area (Å²) in [7, 11) is 0. The van der Waals surface area contributed by atoms with Gasteiger partial charge in [0, 0.05) is 43.8 Å². The normalized spacial score (nSPS) is 14.3. The molecule has 0 saturated heterocycles. The first-order valence-corrected chi connectivity index (χ1v) is 8.19. The van der Waals surface area contributed by atoms with Crippen LogP contribution in [-0.4, -0.2) is 23.1 Å². The highest BCUT2D eigenvalue weighted by Gasteiger charge is 2.39. The molecule has 24 heavy (non-hydrogen) atoms. The molecule has 0 radical (unpaired) electrons. The molecule has 5 nitrogen and oxygen atoms in total. The van der Waals surface area contributed by atoms with Crippen molar-refractivity contribution in [3.8, 4) is 12.3 Å². The molecule has 2 heterocycles. The lowest BCUT2D eigenvalue weighted by Gasteiger charge is -2.10. The fourth-order valence-electron chi connectivity index (χ4n) is 2.78. The van der Waals surface area contributed by atoms with E-state index in [1.807, 2.05) is 30.5 Å². The number of nitrogens with one attached hydrogen (secondary N) is 1. The van der Waals surface area contributed by atoms with Gasteiger partial charge in [-0.1, -0.05) is 18.2 Å². The number of nitrogens with zero attached hydrogens (tertiary/aromatic N) is 3. The Kier molecular flexibility index (Phi) is 4.85. The molecule has 0 fully saturated rings. The number of hydrogen-bond acceptors (Lipinski definition) is 4. The van der Waals surface area contributed by atoms with Gasteiger partial charge in [0.2, 0.25) is 5.91 Å². The fourth-order valence-corrected chi connectivity index (χ4v) is 2.78. The predicted molar refractivity (Wildman–Crippen MR) is 93.3 cm³/mol. The molecule has 122 valence electrons. The molecule has 0 aliphatic carbocycles. The van der Waals surface area contributed by atoms with Gasteiger partial charge in [0.1, 0.15) is 0 Å². The summed E-state index contributed by atoms with van der Waals surface area (Å²) in [6.07, 6.45) is 10.3. The van der Waals surface area contributed by atoms with Gasteiger partial charge in [-0.25, -0.2) is 0 Å². The van der Waals surface area contributed by atoms with Crippen LogP contribution >= 0.6 is 0 Å². The number of carbonyl (C=O) groups excluding carboxylic acids is 1. The van der Waals surface area contributed by atoms with Gasteiger partial charge in [-0.3, -0.25) is 9.78 Å². The Morgan fingerprint density at radius 1 is 1.21 bits per heavy atom. The van der Waals surface area contributed by atoms with Gasteiger partial charge < -0.3 is 5.32 Å². The lowest BCUT2D eigenvalue weighted by molar-refractivity contribution is -0.121. The van der Waals surface area contributed by atoms with Gasteiger partial charge in [-0.15, -0.1) is 12.3 Å². The average molecular weight is 320 g/mol. The molecule has 1 aliphatic heterocycles. The fraction of sp³-hybridized carbons (Fsp3) is 0.368. The summed E-state index contributed by atoms with van der Waals surface area (Å²) in [6.45, 7) is 0.610. The van der Waals surface area contributed by atoms with E-state index in [0.717, 1.165) is 23.7 Å². The molecular weight excluding hydrogens is 300 g/mol. The van der Waals surface area contributed by atoms with E-state index in [1.165, 1.54) is 5.56 Å². The zero-order valence-corrected chi connectivity index (χ0v) is 13.5. The van der Waals surface area contributed by atoms with E-state index in [-0.39, 0.29) is 11.6 Å². The number of para-hydroxylation sites is 1. The van der Waals surface area contributed by atoms with Crippen molar-refractivity contribution in [2.75, 3.05) is 6.54 Å². The Labute approximate surface area is 141 Å². The highest BCUT2D eigenvalue weighted by atomic mass is 16.1. The van der Waals surface area contributed by atoms with E-state index < -0.39 is 0 Å². The smallest absolute Gasteiger partial charge is 0.220 e. The minimum atomic E-state index is -0.384. The molecule has 0 spiro atoms. The molecular formula is C19H20N4O. The van der Waals surface area contributed by atoms with Crippen molar-refractivity contribution in [2.24, 2.45) is 10.2 Å². The topological polar surface area (TPSA) is 66.7 Å². The van der Waals surface area contributed by atoms with Crippen LogP contribution in [0.25, 0.3) is 10.9 Å². The van der Waals surface area contributed by atoms with Crippen molar-refractivity contribution in [3.05, 3.63) is 42.1 Å². The number of pyridine rings is 1. The number of terminal acetylenes is 1. The standard InChI is InChI=1S/C19H20N4O/c1-2-3-11-19(22-23-19)12-8-18(24)21-14-10-15-9-13-20-17-7-5-4-6-16(15)17/h1,4-7,9,13H,3,8,10-12,14H2,(H,21,24).